The molecule has 8 heteroatoms. The fourth-order valence-corrected chi connectivity index (χ4v) is 7.47. The number of nitrogens with one attached hydrogen (secondary N) is 1. The molecule has 1 fully saturated rings. The first-order chi connectivity index (χ1) is 14.1. The molecule has 0 spiro atoms. The van der Waals surface area contributed by atoms with E-state index in [-0.39, 0.29) is 0 Å². The Morgan fingerprint density at radius 2 is 1.93 bits per heavy atom. The summed E-state index contributed by atoms with van der Waals surface area (Å²) in [5.41, 5.74) is 3.24. The van der Waals surface area contributed by atoms with Crippen LogP contribution in [0, 0.1) is 0 Å². The first-order valence-corrected chi connectivity index (χ1v) is 12.9. The number of para-hydroxylation sites is 1. The standard InChI is InChI=1S/C21H21N3O2S3/c25-29(26,24-10-4-1-5-11-24)16-8-9-19-20(12-16)28-21(23-19)27-14-15-13-22-18-7-3-2-6-17(15)18/h2-3,6-9,12-13,22H,1,4-5,10-11,14H2. The zero-order chi connectivity index (χ0) is 19.8. The molecule has 1 aliphatic rings. The van der Waals surface area contributed by atoms with Gasteiger partial charge in [0.15, 0.2) is 4.34 Å². The summed E-state index contributed by atoms with van der Waals surface area (Å²) < 4.78 is 29.4. The number of piperidine rings is 1. The van der Waals surface area contributed by atoms with Crippen molar-refractivity contribution < 1.29 is 8.42 Å². The molecule has 0 amide bonds. The van der Waals surface area contributed by atoms with Gasteiger partial charge in [-0.1, -0.05) is 36.4 Å². The van der Waals surface area contributed by atoms with Crippen LogP contribution in [0.1, 0.15) is 24.8 Å². The van der Waals surface area contributed by atoms with E-state index in [0.717, 1.165) is 45.1 Å². The quantitative estimate of drug-likeness (QED) is 0.428. The van der Waals surface area contributed by atoms with E-state index >= 15 is 0 Å². The van der Waals surface area contributed by atoms with Gasteiger partial charge in [0.2, 0.25) is 10.0 Å². The van der Waals surface area contributed by atoms with Crippen molar-refractivity contribution in [3.05, 3.63) is 54.2 Å². The summed E-state index contributed by atoms with van der Waals surface area (Å²) in [7, 11) is -3.42. The van der Waals surface area contributed by atoms with Gasteiger partial charge >= 0.3 is 0 Å². The maximum atomic E-state index is 12.9. The molecule has 5 nitrogen and oxygen atoms in total. The molecule has 3 heterocycles. The number of aromatic amines is 1. The number of hydrogen-bond acceptors (Lipinski definition) is 5. The largest absolute Gasteiger partial charge is 0.361 e. The van der Waals surface area contributed by atoms with E-state index in [1.54, 1.807) is 39.5 Å². The van der Waals surface area contributed by atoms with Crippen LogP contribution in [0.3, 0.4) is 0 Å². The molecule has 29 heavy (non-hydrogen) atoms. The van der Waals surface area contributed by atoms with Crippen molar-refractivity contribution in [2.24, 2.45) is 0 Å². The number of rotatable bonds is 5. The first-order valence-electron chi connectivity index (χ1n) is 9.70. The van der Waals surface area contributed by atoms with Gasteiger partial charge in [0.25, 0.3) is 0 Å². The van der Waals surface area contributed by atoms with E-state index in [1.807, 2.05) is 24.4 Å². The second-order valence-corrected chi connectivity index (χ2v) is 11.4. The molecule has 150 valence electrons. The number of fused-ring (bicyclic) bond motifs is 2. The SMILES string of the molecule is O=S(=O)(c1ccc2nc(SCc3c[nH]c4ccccc34)sc2c1)N1CCCCC1. The normalized spacial score (nSPS) is 16.0. The number of hydrogen-bond donors (Lipinski definition) is 1. The molecule has 4 aromatic rings. The van der Waals surface area contributed by atoms with Crippen molar-refractivity contribution in [1.29, 1.82) is 0 Å². The summed E-state index contributed by atoms with van der Waals surface area (Å²) in [6.45, 7) is 1.24. The number of nitrogens with zero attached hydrogens (tertiary/aromatic N) is 2. The monoisotopic (exact) mass is 443 g/mol. The molecule has 0 aliphatic carbocycles. The van der Waals surface area contributed by atoms with Crippen molar-refractivity contribution in [1.82, 2.24) is 14.3 Å². The Hall–Kier alpha value is -1.87. The van der Waals surface area contributed by atoms with Crippen LogP contribution in [0.4, 0.5) is 0 Å². The lowest BCUT2D eigenvalue weighted by molar-refractivity contribution is 0.346. The van der Waals surface area contributed by atoms with E-state index in [2.05, 4.69) is 17.1 Å². The molecule has 0 bridgehead atoms. The molecule has 0 atom stereocenters. The molecule has 0 unspecified atom stereocenters. The third kappa shape index (κ3) is 3.70. The Bertz CT molecular complexity index is 1270. The minimum atomic E-state index is -3.42. The summed E-state index contributed by atoms with van der Waals surface area (Å²) in [5, 5.41) is 1.23. The van der Waals surface area contributed by atoms with E-state index in [1.165, 1.54) is 10.9 Å². The third-order valence-electron chi connectivity index (χ3n) is 5.32. The fourth-order valence-electron chi connectivity index (χ4n) is 3.75. The summed E-state index contributed by atoms with van der Waals surface area (Å²) in [4.78, 5) is 8.37. The predicted octanol–water partition coefficient (Wildman–Crippen LogP) is 5.24. The number of sulfonamides is 1. The zero-order valence-electron chi connectivity index (χ0n) is 15.8. The van der Waals surface area contributed by atoms with E-state index < -0.39 is 10.0 Å². The van der Waals surface area contributed by atoms with Gasteiger partial charge in [-0.05, 0) is 42.7 Å². The van der Waals surface area contributed by atoms with Crippen molar-refractivity contribution in [2.75, 3.05) is 13.1 Å². The fraction of sp³-hybridized carbons (Fsp3) is 0.286. The van der Waals surface area contributed by atoms with Crippen molar-refractivity contribution in [3.8, 4) is 0 Å². The lowest BCUT2D eigenvalue weighted by Crippen LogP contribution is -2.35. The van der Waals surface area contributed by atoms with Gasteiger partial charge in [0.1, 0.15) is 0 Å². The topological polar surface area (TPSA) is 66.1 Å². The molecular weight excluding hydrogens is 422 g/mol. The van der Waals surface area contributed by atoms with Crippen molar-refractivity contribution in [3.63, 3.8) is 0 Å². The van der Waals surface area contributed by atoms with Crippen LogP contribution in [0.5, 0.6) is 0 Å². The number of thiazole rings is 1. The van der Waals surface area contributed by atoms with Crippen LogP contribution in [-0.4, -0.2) is 35.8 Å². The maximum absolute atomic E-state index is 12.9. The highest BCUT2D eigenvalue weighted by atomic mass is 32.2. The third-order valence-corrected chi connectivity index (χ3v) is 9.42. The Morgan fingerprint density at radius 1 is 1.10 bits per heavy atom. The van der Waals surface area contributed by atoms with Crippen LogP contribution in [0.25, 0.3) is 21.1 Å². The molecule has 1 aliphatic heterocycles. The zero-order valence-corrected chi connectivity index (χ0v) is 18.2. The van der Waals surface area contributed by atoms with E-state index in [9.17, 15) is 8.42 Å². The van der Waals surface area contributed by atoms with Gasteiger partial charge in [-0.2, -0.15) is 4.31 Å². The van der Waals surface area contributed by atoms with Gasteiger partial charge in [-0.15, -0.1) is 11.3 Å². The average Bonchev–Trinajstić information content (AvgIpc) is 3.36. The summed E-state index contributed by atoms with van der Waals surface area (Å²) >= 11 is 3.25. The smallest absolute Gasteiger partial charge is 0.243 e. The van der Waals surface area contributed by atoms with E-state index in [4.69, 9.17) is 4.98 Å². The Balaban J connectivity index is 1.38. The second kappa shape index (κ2) is 7.75. The van der Waals surface area contributed by atoms with Crippen molar-refractivity contribution in [2.45, 2.75) is 34.3 Å². The summed E-state index contributed by atoms with van der Waals surface area (Å²) in [5.74, 6) is 0.822. The van der Waals surface area contributed by atoms with E-state index in [0.29, 0.717) is 18.0 Å². The average molecular weight is 444 g/mol. The highest BCUT2D eigenvalue weighted by Gasteiger charge is 2.26. The van der Waals surface area contributed by atoms with Crippen LogP contribution in [0.2, 0.25) is 0 Å². The predicted molar refractivity (Wildman–Crippen MR) is 120 cm³/mol. The van der Waals surface area contributed by atoms with Gasteiger partial charge in [0.05, 0.1) is 15.1 Å². The molecule has 0 radical (unpaired) electrons. The van der Waals surface area contributed by atoms with Gasteiger partial charge in [-0.25, -0.2) is 13.4 Å². The Labute approximate surface area is 178 Å². The molecule has 1 N–H and O–H groups in total. The highest BCUT2D eigenvalue weighted by Crippen LogP contribution is 2.34. The molecule has 5 rings (SSSR count). The number of aromatic nitrogens is 2. The molecule has 1 saturated heterocycles. The van der Waals surface area contributed by atoms with Gasteiger partial charge in [-0.3, -0.25) is 0 Å². The summed E-state index contributed by atoms with van der Waals surface area (Å²) in [6.07, 6.45) is 5.04. The van der Waals surface area contributed by atoms with Crippen LogP contribution < -0.4 is 0 Å². The minimum absolute atomic E-state index is 0.378. The molecule has 2 aromatic heterocycles. The van der Waals surface area contributed by atoms with Crippen LogP contribution in [0.15, 0.2) is 57.9 Å². The second-order valence-electron chi connectivity index (χ2n) is 7.22. The molecule has 2 aromatic carbocycles. The number of thioether (sulfide) groups is 1. The summed E-state index contributed by atoms with van der Waals surface area (Å²) in [6, 6.07) is 13.6. The molecular formula is C21H21N3O2S3. The van der Waals surface area contributed by atoms with Crippen molar-refractivity contribution >= 4 is 54.2 Å². The maximum Gasteiger partial charge on any atom is 0.243 e. The van der Waals surface area contributed by atoms with Crippen LogP contribution >= 0.6 is 23.1 Å². The van der Waals surface area contributed by atoms with Crippen LogP contribution in [-0.2, 0) is 15.8 Å². The molecule has 0 saturated carbocycles. The Kier molecular flexibility index (Phi) is 5.11. The van der Waals surface area contributed by atoms with Gasteiger partial charge in [0, 0.05) is 35.9 Å². The lowest BCUT2D eigenvalue weighted by atomic mass is 10.2. The Morgan fingerprint density at radius 3 is 2.79 bits per heavy atom. The van der Waals surface area contributed by atoms with Gasteiger partial charge < -0.3 is 4.98 Å². The lowest BCUT2D eigenvalue weighted by Gasteiger charge is -2.25. The number of H-pyrrole nitrogens is 1. The minimum Gasteiger partial charge on any atom is -0.361 e. The number of benzene rings is 2. The first kappa shape index (κ1) is 19.1. The highest BCUT2D eigenvalue weighted by molar-refractivity contribution is 8.00.